The average Bonchev–Trinajstić information content (AvgIpc) is 3.49. The molecule has 2 unspecified atom stereocenters. The van der Waals surface area contributed by atoms with Crippen LogP contribution < -0.4 is 0 Å². The van der Waals surface area contributed by atoms with Gasteiger partial charge in [0.1, 0.15) is 23.2 Å². The van der Waals surface area contributed by atoms with Crippen molar-refractivity contribution in [1.29, 1.82) is 0 Å². The van der Waals surface area contributed by atoms with E-state index in [1.165, 1.54) is 66.7 Å². The molecular formula is C28H20N2O10S. The van der Waals surface area contributed by atoms with Crippen molar-refractivity contribution in [2.75, 3.05) is 0 Å². The SMILES string of the molecule is O=C(O)c1[nH]c2ccccc2c1C(C(=O)O)C(C(=O)O)c1c(C(=O)O)n(S(=O)(=O)c2ccccc2)c2ccccc12. The number of fused-ring (bicyclic) bond motifs is 2. The fraction of sp³-hybridized carbons (Fsp3) is 0.0714. The third-order valence-electron chi connectivity index (χ3n) is 6.80. The molecule has 12 nitrogen and oxygen atoms in total. The molecule has 3 aromatic carbocycles. The van der Waals surface area contributed by atoms with Gasteiger partial charge in [0, 0.05) is 27.4 Å². The summed E-state index contributed by atoms with van der Waals surface area (Å²) in [7, 11) is -4.64. The summed E-state index contributed by atoms with van der Waals surface area (Å²) < 4.78 is 28.0. The summed E-state index contributed by atoms with van der Waals surface area (Å²) in [4.78, 5) is 53.0. The number of para-hydroxylation sites is 2. The molecule has 0 spiro atoms. The Bertz CT molecular complexity index is 1990. The van der Waals surface area contributed by atoms with E-state index in [-0.39, 0.29) is 26.7 Å². The van der Waals surface area contributed by atoms with Crippen LogP contribution in [0.4, 0.5) is 0 Å². The molecule has 41 heavy (non-hydrogen) atoms. The van der Waals surface area contributed by atoms with Crippen molar-refractivity contribution in [3.63, 3.8) is 0 Å². The van der Waals surface area contributed by atoms with E-state index in [0.29, 0.717) is 3.97 Å². The van der Waals surface area contributed by atoms with Gasteiger partial charge in [-0.25, -0.2) is 22.0 Å². The Morgan fingerprint density at radius 1 is 0.659 bits per heavy atom. The zero-order chi connectivity index (χ0) is 29.6. The Balaban J connectivity index is 1.92. The number of rotatable bonds is 9. The number of nitrogens with one attached hydrogen (secondary N) is 1. The van der Waals surface area contributed by atoms with Crippen molar-refractivity contribution in [3.05, 3.63) is 101 Å². The van der Waals surface area contributed by atoms with E-state index < -0.39 is 68.3 Å². The van der Waals surface area contributed by atoms with Crippen molar-refractivity contribution in [1.82, 2.24) is 8.96 Å². The van der Waals surface area contributed by atoms with Gasteiger partial charge < -0.3 is 25.4 Å². The van der Waals surface area contributed by atoms with Gasteiger partial charge in [-0.2, -0.15) is 0 Å². The zero-order valence-electron chi connectivity index (χ0n) is 20.8. The predicted octanol–water partition coefficient (Wildman–Crippen LogP) is 3.79. The molecule has 0 aliphatic rings. The third kappa shape index (κ3) is 4.28. The van der Waals surface area contributed by atoms with Gasteiger partial charge in [-0.1, -0.05) is 54.6 Å². The molecule has 2 aromatic heterocycles. The molecule has 0 saturated heterocycles. The van der Waals surface area contributed by atoms with Crippen LogP contribution in [-0.2, 0) is 19.6 Å². The third-order valence-corrected chi connectivity index (χ3v) is 8.53. The van der Waals surface area contributed by atoms with Gasteiger partial charge in [-0.05, 0) is 24.3 Å². The lowest BCUT2D eigenvalue weighted by molar-refractivity contribution is -0.147. The van der Waals surface area contributed by atoms with E-state index in [2.05, 4.69) is 4.98 Å². The van der Waals surface area contributed by atoms with Crippen molar-refractivity contribution in [3.8, 4) is 0 Å². The van der Waals surface area contributed by atoms with Crippen LogP contribution in [0.3, 0.4) is 0 Å². The predicted molar refractivity (Wildman–Crippen MR) is 144 cm³/mol. The first-order chi connectivity index (χ1) is 19.5. The fourth-order valence-corrected chi connectivity index (χ4v) is 6.77. The molecule has 5 rings (SSSR count). The van der Waals surface area contributed by atoms with Gasteiger partial charge in [-0.3, -0.25) is 9.59 Å². The summed E-state index contributed by atoms with van der Waals surface area (Å²) in [6.07, 6.45) is 0. The largest absolute Gasteiger partial charge is 0.481 e. The topological polar surface area (TPSA) is 204 Å². The first kappa shape index (κ1) is 27.1. The van der Waals surface area contributed by atoms with Gasteiger partial charge in [0.2, 0.25) is 0 Å². The number of carboxylic acids is 4. The lowest BCUT2D eigenvalue weighted by atomic mass is 9.79. The highest BCUT2D eigenvalue weighted by Crippen LogP contribution is 2.44. The van der Waals surface area contributed by atoms with Gasteiger partial charge in [0.15, 0.2) is 0 Å². The fourth-order valence-electron chi connectivity index (χ4n) is 5.22. The Morgan fingerprint density at radius 2 is 1.20 bits per heavy atom. The minimum atomic E-state index is -4.64. The molecule has 2 atom stereocenters. The van der Waals surface area contributed by atoms with E-state index in [1.54, 1.807) is 12.1 Å². The monoisotopic (exact) mass is 576 g/mol. The van der Waals surface area contributed by atoms with E-state index in [9.17, 15) is 48.0 Å². The van der Waals surface area contributed by atoms with Crippen LogP contribution in [0.2, 0.25) is 0 Å². The summed E-state index contributed by atoms with van der Waals surface area (Å²) >= 11 is 0. The van der Waals surface area contributed by atoms with Crippen LogP contribution in [0.5, 0.6) is 0 Å². The molecule has 0 aliphatic carbocycles. The van der Waals surface area contributed by atoms with Crippen molar-refractivity contribution in [2.24, 2.45) is 0 Å². The lowest BCUT2D eigenvalue weighted by Crippen LogP contribution is -2.29. The first-order valence-electron chi connectivity index (χ1n) is 11.9. The second kappa shape index (κ2) is 9.95. The Hall–Kier alpha value is -5.43. The van der Waals surface area contributed by atoms with Gasteiger partial charge in [0.25, 0.3) is 10.0 Å². The molecule has 208 valence electrons. The number of aromatic nitrogens is 2. The second-order valence-electron chi connectivity index (χ2n) is 9.06. The number of benzene rings is 3. The van der Waals surface area contributed by atoms with Crippen LogP contribution in [0.15, 0.2) is 83.8 Å². The van der Waals surface area contributed by atoms with E-state index in [4.69, 9.17) is 0 Å². The van der Waals surface area contributed by atoms with Crippen LogP contribution in [-0.4, -0.2) is 61.7 Å². The number of H-pyrrole nitrogens is 1. The number of carboxylic acid groups (broad SMARTS) is 4. The molecule has 2 heterocycles. The molecule has 0 bridgehead atoms. The zero-order valence-corrected chi connectivity index (χ0v) is 21.6. The first-order valence-corrected chi connectivity index (χ1v) is 13.4. The number of carbonyl (C=O) groups is 4. The Morgan fingerprint density at radius 3 is 1.78 bits per heavy atom. The molecule has 13 heteroatoms. The second-order valence-corrected chi connectivity index (χ2v) is 10.8. The maximum atomic E-state index is 13.8. The normalized spacial score (nSPS) is 13.2. The molecule has 0 saturated carbocycles. The number of aliphatic carboxylic acids is 2. The number of hydrogen-bond donors (Lipinski definition) is 5. The van der Waals surface area contributed by atoms with Gasteiger partial charge in [-0.15, -0.1) is 0 Å². The lowest BCUT2D eigenvalue weighted by Gasteiger charge is -2.22. The summed E-state index contributed by atoms with van der Waals surface area (Å²) in [6, 6.07) is 18.2. The van der Waals surface area contributed by atoms with Crippen LogP contribution >= 0.6 is 0 Å². The van der Waals surface area contributed by atoms with Crippen LogP contribution in [0, 0.1) is 0 Å². The number of aromatic amines is 1. The maximum absolute atomic E-state index is 13.8. The van der Waals surface area contributed by atoms with Gasteiger partial charge >= 0.3 is 23.9 Å². The molecule has 5 N–H and O–H groups in total. The summed E-state index contributed by atoms with van der Waals surface area (Å²) in [5.41, 5.74) is -2.56. The Kier molecular flexibility index (Phi) is 6.59. The number of hydrogen-bond acceptors (Lipinski definition) is 6. The van der Waals surface area contributed by atoms with Crippen LogP contribution in [0.1, 0.15) is 43.9 Å². The quantitative estimate of drug-likeness (QED) is 0.172. The molecule has 5 aromatic rings. The number of nitrogens with zero attached hydrogens (tertiary/aromatic N) is 1. The summed E-state index contributed by atoms with van der Waals surface area (Å²) in [5.74, 6) is -11.3. The minimum Gasteiger partial charge on any atom is -0.481 e. The maximum Gasteiger partial charge on any atom is 0.353 e. The highest BCUT2D eigenvalue weighted by atomic mass is 32.2. The van der Waals surface area contributed by atoms with Gasteiger partial charge in [0.05, 0.1) is 10.4 Å². The summed E-state index contributed by atoms with van der Waals surface area (Å²) in [5, 5.41) is 41.0. The smallest absolute Gasteiger partial charge is 0.353 e. The molecule has 0 amide bonds. The minimum absolute atomic E-state index is 0.0982. The highest BCUT2D eigenvalue weighted by Gasteiger charge is 2.45. The van der Waals surface area contributed by atoms with Crippen molar-refractivity contribution in [2.45, 2.75) is 16.7 Å². The van der Waals surface area contributed by atoms with E-state index >= 15 is 0 Å². The van der Waals surface area contributed by atoms with Crippen molar-refractivity contribution < 1.29 is 48.0 Å². The average molecular weight is 577 g/mol. The standard InChI is InChI=1S/C28H20N2O10S/c31-25(32)21(19-15-10-4-6-12-17(15)29-23(19)27(35)36)22(26(33)34)20-16-11-5-7-13-18(16)30(24(20)28(37)38)41(39,40)14-8-2-1-3-9-14/h1-13,21-22,29H,(H,31,32)(H,33,34)(H,35,36)(H,37,38). The Labute approximate surface area is 230 Å². The highest BCUT2D eigenvalue weighted by molar-refractivity contribution is 7.90. The van der Waals surface area contributed by atoms with E-state index in [1.807, 2.05) is 0 Å². The van der Waals surface area contributed by atoms with E-state index in [0.717, 1.165) is 0 Å². The number of aromatic carboxylic acids is 2. The molecule has 0 fully saturated rings. The molecule has 0 radical (unpaired) electrons. The van der Waals surface area contributed by atoms with Crippen LogP contribution in [0.25, 0.3) is 21.8 Å². The molecular weight excluding hydrogens is 556 g/mol. The molecule has 0 aliphatic heterocycles. The summed E-state index contributed by atoms with van der Waals surface area (Å²) in [6.45, 7) is 0. The van der Waals surface area contributed by atoms with Crippen molar-refractivity contribution >= 4 is 55.7 Å².